The van der Waals surface area contributed by atoms with E-state index in [1.54, 1.807) is 4.90 Å². The summed E-state index contributed by atoms with van der Waals surface area (Å²) in [4.78, 5) is 16.9. The molecule has 1 N–H and O–H groups in total. The third-order valence-electron chi connectivity index (χ3n) is 5.97. The molecule has 0 aromatic heterocycles. The molecule has 3 aromatic rings. The van der Waals surface area contributed by atoms with E-state index in [9.17, 15) is 9.90 Å². The van der Waals surface area contributed by atoms with E-state index in [1.165, 1.54) is 11.1 Å². The molecule has 4 heteroatoms. The van der Waals surface area contributed by atoms with E-state index >= 15 is 0 Å². The van der Waals surface area contributed by atoms with Crippen molar-refractivity contribution >= 4 is 5.91 Å². The maximum Gasteiger partial charge on any atom is 0.253 e. The SMILES string of the molecule is C[C@@H](c1ccccc1)N(Cc1ccccc1)[C@H]1CN(Cc2ccccc2)C(=O)[C@H]1O. The van der Waals surface area contributed by atoms with E-state index in [0.29, 0.717) is 19.6 Å². The van der Waals surface area contributed by atoms with Gasteiger partial charge in [0.1, 0.15) is 6.10 Å². The van der Waals surface area contributed by atoms with Crippen LogP contribution in [0.3, 0.4) is 0 Å². The van der Waals surface area contributed by atoms with E-state index < -0.39 is 6.10 Å². The van der Waals surface area contributed by atoms with Crippen molar-refractivity contribution in [3.05, 3.63) is 108 Å². The zero-order valence-corrected chi connectivity index (χ0v) is 17.3. The van der Waals surface area contributed by atoms with Crippen LogP contribution in [0.15, 0.2) is 91.0 Å². The Hall–Kier alpha value is -2.95. The molecule has 4 nitrogen and oxygen atoms in total. The molecule has 1 fully saturated rings. The number of hydrogen-bond donors (Lipinski definition) is 1. The van der Waals surface area contributed by atoms with Gasteiger partial charge in [-0.15, -0.1) is 0 Å². The van der Waals surface area contributed by atoms with Crippen LogP contribution in [-0.4, -0.2) is 39.5 Å². The molecule has 0 saturated carbocycles. The van der Waals surface area contributed by atoms with Gasteiger partial charge in [-0.05, 0) is 23.6 Å². The highest BCUT2D eigenvalue weighted by atomic mass is 16.3. The number of rotatable bonds is 7. The molecule has 1 aliphatic heterocycles. The molecule has 1 heterocycles. The molecule has 1 aliphatic rings. The normalized spacial score (nSPS) is 20.0. The summed E-state index contributed by atoms with van der Waals surface area (Å²) in [6, 6.07) is 30.3. The number of carbonyl (C=O) groups excluding carboxylic acids is 1. The molecular weight excluding hydrogens is 372 g/mol. The summed E-state index contributed by atoms with van der Waals surface area (Å²) in [5.74, 6) is -0.192. The highest BCUT2D eigenvalue weighted by molar-refractivity contribution is 5.84. The lowest BCUT2D eigenvalue weighted by Crippen LogP contribution is -2.44. The van der Waals surface area contributed by atoms with Crippen molar-refractivity contribution in [2.45, 2.75) is 38.2 Å². The monoisotopic (exact) mass is 400 g/mol. The summed E-state index contributed by atoms with van der Waals surface area (Å²) in [6.45, 7) is 3.85. The fraction of sp³-hybridized carbons (Fsp3) is 0.269. The van der Waals surface area contributed by atoms with Crippen LogP contribution in [-0.2, 0) is 17.9 Å². The number of aliphatic hydroxyl groups is 1. The van der Waals surface area contributed by atoms with Crippen LogP contribution in [0.4, 0.5) is 0 Å². The molecule has 3 atom stereocenters. The van der Waals surface area contributed by atoms with E-state index in [-0.39, 0.29) is 18.0 Å². The van der Waals surface area contributed by atoms with Crippen molar-refractivity contribution in [2.24, 2.45) is 0 Å². The van der Waals surface area contributed by atoms with E-state index in [4.69, 9.17) is 0 Å². The Morgan fingerprint density at radius 2 is 1.43 bits per heavy atom. The summed E-state index contributed by atoms with van der Waals surface area (Å²) in [5.41, 5.74) is 3.42. The van der Waals surface area contributed by atoms with Gasteiger partial charge in [0.2, 0.25) is 0 Å². The van der Waals surface area contributed by atoms with E-state index in [0.717, 1.165) is 5.56 Å². The topological polar surface area (TPSA) is 43.8 Å². The Bertz CT molecular complexity index is 947. The number of carbonyl (C=O) groups is 1. The Labute approximate surface area is 178 Å². The smallest absolute Gasteiger partial charge is 0.253 e. The third kappa shape index (κ3) is 4.45. The lowest BCUT2D eigenvalue weighted by Gasteiger charge is -2.35. The summed E-state index contributed by atoms with van der Waals surface area (Å²) < 4.78 is 0. The van der Waals surface area contributed by atoms with Gasteiger partial charge in [0.15, 0.2) is 0 Å². The van der Waals surface area contributed by atoms with Crippen LogP contribution in [0.25, 0.3) is 0 Å². The standard InChI is InChI=1S/C26H28N2O2/c1-20(23-15-9-4-10-16-23)28(18-22-13-7-3-8-14-22)24-19-27(26(30)25(24)29)17-21-11-5-2-6-12-21/h2-16,20,24-25,29H,17-19H2,1H3/t20-,24-,25-/m0/s1. The first-order chi connectivity index (χ1) is 14.6. The predicted molar refractivity (Wildman–Crippen MR) is 118 cm³/mol. The first-order valence-corrected chi connectivity index (χ1v) is 10.5. The molecule has 1 amide bonds. The summed E-state index contributed by atoms with van der Waals surface area (Å²) >= 11 is 0. The van der Waals surface area contributed by atoms with Crippen molar-refractivity contribution in [1.29, 1.82) is 0 Å². The van der Waals surface area contributed by atoms with Crippen LogP contribution < -0.4 is 0 Å². The maximum absolute atomic E-state index is 12.9. The van der Waals surface area contributed by atoms with Crippen molar-refractivity contribution in [1.82, 2.24) is 9.80 Å². The molecule has 3 aromatic carbocycles. The minimum atomic E-state index is -1.02. The molecule has 0 bridgehead atoms. The van der Waals surface area contributed by atoms with Gasteiger partial charge in [-0.2, -0.15) is 0 Å². The van der Waals surface area contributed by atoms with Gasteiger partial charge < -0.3 is 10.0 Å². The van der Waals surface area contributed by atoms with E-state index in [1.807, 2.05) is 66.7 Å². The molecule has 0 aliphatic carbocycles. The molecular formula is C26H28N2O2. The fourth-order valence-electron chi connectivity index (χ4n) is 4.26. The average molecular weight is 401 g/mol. The third-order valence-corrected chi connectivity index (χ3v) is 5.97. The Morgan fingerprint density at radius 1 is 0.900 bits per heavy atom. The van der Waals surface area contributed by atoms with Crippen LogP contribution >= 0.6 is 0 Å². The van der Waals surface area contributed by atoms with Crippen LogP contribution in [0.5, 0.6) is 0 Å². The highest BCUT2D eigenvalue weighted by Gasteiger charge is 2.43. The zero-order chi connectivity index (χ0) is 20.9. The molecule has 1 saturated heterocycles. The predicted octanol–water partition coefficient (Wildman–Crippen LogP) is 4.02. The molecule has 0 unspecified atom stereocenters. The van der Waals surface area contributed by atoms with Crippen molar-refractivity contribution in [3.8, 4) is 0 Å². The number of nitrogens with zero attached hydrogens (tertiary/aromatic N) is 2. The minimum absolute atomic E-state index is 0.0653. The second-order valence-electron chi connectivity index (χ2n) is 7.96. The highest BCUT2D eigenvalue weighted by Crippen LogP contribution is 2.30. The van der Waals surface area contributed by atoms with Crippen LogP contribution in [0.2, 0.25) is 0 Å². The van der Waals surface area contributed by atoms with Crippen molar-refractivity contribution in [3.63, 3.8) is 0 Å². The molecule has 0 spiro atoms. The average Bonchev–Trinajstić information content (AvgIpc) is 3.07. The van der Waals surface area contributed by atoms with Gasteiger partial charge >= 0.3 is 0 Å². The summed E-state index contributed by atoms with van der Waals surface area (Å²) in [5, 5.41) is 10.9. The number of amides is 1. The lowest BCUT2D eigenvalue weighted by molar-refractivity contribution is -0.136. The molecule has 154 valence electrons. The van der Waals surface area contributed by atoms with Gasteiger partial charge in [0.05, 0.1) is 6.04 Å². The second-order valence-corrected chi connectivity index (χ2v) is 7.96. The maximum atomic E-state index is 12.9. The summed E-state index contributed by atoms with van der Waals surface area (Å²) in [7, 11) is 0. The van der Waals surface area contributed by atoms with E-state index in [2.05, 4.69) is 36.1 Å². The largest absolute Gasteiger partial charge is 0.382 e. The Morgan fingerprint density at radius 3 is 2.03 bits per heavy atom. The van der Waals surface area contributed by atoms with Gasteiger partial charge in [-0.1, -0.05) is 91.0 Å². The van der Waals surface area contributed by atoms with Gasteiger partial charge in [0.25, 0.3) is 5.91 Å². The lowest BCUT2D eigenvalue weighted by atomic mass is 10.0. The molecule has 0 radical (unpaired) electrons. The van der Waals surface area contributed by atoms with Gasteiger partial charge in [-0.25, -0.2) is 0 Å². The van der Waals surface area contributed by atoms with Crippen molar-refractivity contribution in [2.75, 3.05) is 6.54 Å². The molecule has 4 rings (SSSR count). The second kappa shape index (κ2) is 9.24. The Kier molecular flexibility index (Phi) is 6.26. The van der Waals surface area contributed by atoms with Crippen molar-refractivity contribution < 1.29 is 9.90 Å². The number of likely N-dealkylation sites (tertiary alicyclic amines) is 1. The first kappa shape index (κ1) is 20.3. The Balaban J connectivity index is 1.60. The minimum Gasteiger partial charge on any atom is -0.382 e. The quantitative estimate of drug-likeness (QED) is 0.651. The number of hydrogen-bond acceptors (Lipinski definition) is 3. The number of benzene rings is 3. The van der Waals surface area contributed by atoms with Gasteiger partial charge in [-0.3, -0.25) is 9.69 Å². The first-order valence-electron chi connectivity index (χ1n) is 10.5. The number of aliphatic hydroxyl groups excluding tert-OH is 1. The molecule has 30 heavy (non-hydrogen) atoms. The van der Waals surface area contributed by atoms with Crippen LogP contribution in [0.1, 0.15) is 29.7 Å². The summed E-state index contributed by atoms with van der Waals surface area (Å²) in [6.07, 6.45) is -1.02. The van der Waals surface area contributed by atoms with Gasteiger partial charge in [0, 0.05) is 25.7 Å². The van der Waals surface area contributed by atoms with Crippen LogP contribution in [0, 0.1) is 0 Å². The zero-order valence-electron chi connectivity index (χ0n) is 17.3. The fourth-order valence-corrected chi connectivity index (χ4v) is 4.26.